The van der Waals surface area contributed by atoms with Crippen LogP contribution in [0.25, 0.3) is 5.69 Å². The summed E-state index contributed by atoms with van der Waals surface area (Å²) in [7, 11) is 0. The Labute approximate surface area is 160 Å². The average Bonchev–Trinajstić information content (AvgIpc) is 3.21. The molecule has 1 heterocycles. The van der Waals surface area contributed by atoms with E-state index in [1.54, 1.807) is 18.2 Å². The van der Waals surface area contributed by atoms with Gasteiger partial charge in [0.1, 0.15) is 11.5 Å². The van der Waals surface area contributed by atoms with Crippen LogP contribution in [0.1, 0.15) is 42.6 Å². The van der Waals surface area contributed by atoms with E-state index in [0.29, 0.717) is 40.8 Å². The molecule has 1 amide bonds. The van der Waals surface area contributed by atoms with E-state index in [9.17, 15) is 14.7 Å². The van der Waals surface area contributed by atoms with Crippen molar-refractivity contribution in [3.8, 4) is 5.69 Å². The van der Waals surface area contributed by atoms with Crippen molar-refractivity contribution in [3.05, 3.63) is 39.9 Å². The van der Waals surface area contributed by atoms with Crippen molar-refractivity contribution in [2.45, 2.75) is 38.6 Å². The molecule has 2 N–H and O–H groups in total. The van der Waals surface area contributed by atoms with E-state index in [4.69, 9.17) is 23.2 Å². The van der Waals surface area contributed by atoms with Crippen molar-refractivity contribution in [2.75, 3.05) is 0 Å². The lowest BCUT2D eigenvalue weighted by molar-refractivity contribution is -0.142. The molecule has 1 aliphatic carbocycles. The minimum absolute atomic E-state index is 0.0334. The molecule has 2 atom stereocenters. The van der Waals surface area contributed by atoms with Gasteiger partial charge in [0.25, 0.3) is 5.91 Å². The van der Waals surface area contributed by atoms with E-state index >= 15 is 0 Å². The molecule has 1 fully saturated rings. The summed E-state index contributed by atoms with van der Waals surface area (Å²) in [5.41, 5.74) is 0.462. The van der Waals surface area contributed by atoms with Gasteiger partial charge in [0.2, 0.25) is 5.82 Å². The first-order valence-corrected chi connectivity index (χ1v) is 9.12. The lowest BCUT2D eigenvalue weighted by atomic mass is 10.0. The fourth-order valence-electron chi connectivity index (χ4n) is 3.20. The van der Waals surface area contributed by atoms with Crippen LogP contribution < -0.4 is 5.32 Å². The molecule has 9 heteroatoms. The molecule has 1 aromatic carbocycles. The maximum atomic E-state index is 12.5. The van der Waals surface area contributed by atoms with Crippen LogP contribution >= 0.6 is 23.2 Å². The summed E-state index contributed by atoms with van der Waals surface area (Å²) in [4.78, 5) is 28.1. The Morgan fingerprint density at radius 3 is 2.62 bits per heavy atom. The summed E-state index contributed by atoms with van der Waals surface area (Å²) >= 11 is 12.5. The van der Waals surface area contributed by atoms with Gasteiger partial charge in [-0.2, -0.15) is 0 Å². The third-order valence-corrected chi connectivity index (χ3v) is 5.10. The van der Waals surface area contributed by atoms with E-state index < -0.39 is 23.8 Å². The number of carboxylic acids is 1. The SMILES string of the molecule is CCc1nc(C(=O)N[C@@H]2CCC[C@@H]2C(=O)O)nn1-c1c(Cl)cccc1Cl. The molecule has 7 nitrogen and oxygen atoms in total. The van der Waals surface area contributed by atoms with Crippen LogP contribution in [0.15, 0.2) is 18.2 Å². The van der Waals surface area contributed by atoms with Crippen molar-refractivity contribution in [1.82, 2.24) is 20.1 Å². The number of amides is 1. The lowest BCUT2D eigenvalue weighted by Crippen LogP contribution is -2.40. The van der Waals surface area contributed by atoms with Gasteiger partial charge in [-0.05, 0) is 25.0 Å². The number of carbonyl (C=O) groups excluding carboxylic acids is 1. The third-order valence-electron chi connectivity index (χ3n) is 4.49. The number of rotatable bonds is 5. The van der Waals surface area contributed by atoms with E-state index in [0.717, 1.165) is 6.42 Å². The van der Waals surface area contributed by atoms with Crippen molar-refractivity contribution in [1.29, 1.82) is 0 Å². The smallest absolute Gasteiger partial charge is 0.308 e. The summed E-state index contributed by atoms with van der Waals surface area (Å²) in [6, 6.07) is 4.66. The standard InChI is InChI=1S/C17H18Cl2N4O3/c1-2-13-21-15(16(24)20-12-8-3-5-9(12)17(25)26)22-23(13)14-10(18)6-4-7-11(14)19/h4,6-7,9,12H,2-3,5,8H2,1H3,(H,20,24)(H,25,26)/t9-,12+/m0/s1. The van der Waals surface area contributed by atoms with Crippen LogP contribution in [0.2, 0.25) is 10.0 Å². The Morgan fingerprint density at radius 1 is 1.31 bits per heavy atom. The van der Waals surface area contributed by atoms with Gasteiger partial charge in [0.15, 0.2) is 0 Å². The van der Waals surface area contributed by atoms with Gasteiger partial charge < -0.3 is 10.4 Å². The summed E-state index contributed by atoms with van der Waals surface area (Å²) < 4.78 is 1.46. The van der Waals surface area contributed by atoms with Crippen LogP contribution in [0.5, 0.6) is 0 Å². The number of carboxylic acid groups (broad SMARTS) is 1. The Bertz CT molecular complexity index is 832. The predicted octanol–water partition coefficient (Wildman–Crippen LogP) is 3.12. The number of aromatic nitrogens is 3. The Hall–Kier alpha value is -2.12. The minimum Gasteiger partial charge on any atom is -0.481 e. The fraction of sp³-hybridized carbons (Fsp3) is 0.412. The van der Waals surface area contributed by atoms with Gasteiger partial charge in [-0.3, -0.25) is 9.59 Å². The van der Waals surface area contributed by atoms with Crippen LogP contribution in [-0.2, 0) is 11.2 Å². The first-order valence-electron chi connectivity index (χ1n) is 8.36. The molecule has 1 aromatic heterocycles. The number of halogens is 2. The zero-order valence-corrected chi connectivity index (χ0v) is 15.6. The molecule has 0 saturated heterocycles. The number of hydrogen-bond donors (Lipinski definition) is 2. The minimum atomic E-state index is -0.900. The number of aryl methyl sites for hydroxylation is 1. The zero-order chi connectivity index (χ0) is 18.8. The van der Waals surface area contributed by atoms with Gasteiger partial charge in [-0.1, -0.05) is 42.6 Å². The van der Waals surface area contributed by atoms with Gasteiger partial charge in [-0.15, -0.1) is 5.10 Å². The number of aliphatic carboxylic acids is 1. The number of hydrogen-bond acceptors (Lipinski definition) is 4. The average molecular weight is 397 g/mol. The fourth-order valence-corrected chi connectivity index (χ4v) is 3.76. The molecule has 138 valence electrons. The first kappa shape index (κ1) is 18.7. The normalized spacial score (nSPS) is 19.5. The van der Waals surface area contributed by atoms with Crippen LogP contribution in [0, 0.1) is 5.92 Å². The highest BCUT2D eigenvalue weighted by molar-refractivity contribution is 6.37. The maximum Gasteiger partial charge on any atom is 0.308 e. The quantitative estimate of drug-likeness (QED) is 0.808. The molecule has 0 radical (unpaired) electrons. The van der Waals surface area contributed by atoms with Crippen LogP contribution in [0.4, 0.5) is 0 Å². The second-order valence-corrected chi connectivity index (χ2v) is 6.96. The lowest BCUT2D eigenvalue weighted by Gasteiger charge is -2.16. The number of para-hydroxylation sites is 1. The van der Waals surface area contributed by atoms with E-state index in [2.05, 4.69) is 15.4 Å². The number of benzene rings is 1. The maximum absolute atomic E-state index is 12.5. The number of nitrogens with one attached hydrogen (secondary N) is 1. The highest BCUT2D eigenvalue weighted by atomic mass is 35.5. The number of nitrogens with zero attached hydrogens (tertiary/aromatic N) is 3. The molecule has 0 unspecified atom stereocenters. The molecule has 3 rings (SSSR count). The van der Waals surface area contributed by atoms with Crippen molar-refractivity contribution in [2.24, 2.45) is 5.92 Å². The molecular formula is C17H18Cl2N4O3. The van der Waals surface area contributed by atoms with E-state index in [1.165, 1.54) is 4.68 Å². The van der Waals surface area contributed by atoms with Crippen molar-refractivity contribution >= 4 is 35.1 Å². The molecule has 0 spiro atoms. The molecule has 2 aromatic rings. The second kappa shape index (κ2) is 7.63. The predicted molar refractivity (Wildman–Crippen MR) is 97.0 cm³/mol. The third kappa shape index (κ3) is 3.54. The number of carbonyl (C=O) groups is 2. The van der Waals surface area contributed by atoms with Crippen molar-refractivity contribution < 1.29 is 14.7 Å². The summed E-state index contributed by atoms with van der Waals surface area (Å²) in [6.45, 7) is 1.88. The summed E-state index contributed by atoms with van der Waals surface area (Å²) in [6.07, 6.45) is 2.46. The van der Waals surface area contributed by atoms with Gasteiger partial charge in [0, 0.05) is 12.5 Å². The highest BCUT2D eigenvalue weighted by Crippen LogP contribution is 2.29. The van der Waals surface area contributed by atoms with E-state index in [-0.39, 0.29) is 5.82 Å². The van der Waals surface area contributed by atoms with Gasteiger partial charge in [0.05, 0.1) is 16.0 Å². The molecule has 1 aliphatic rings. The molecule has 0 aliphatic heterocycles. The zero-order valence-electron chi connectivity index (χ0n) is 14.1. The van der Waals surface area contributed by atoms with Crippen molar-refractivity contribution in [3.63, 3.8) is 0 Å². The first-order chi connectivity index (χ1) is 12.4. The second-order valence-electron chi connectivity index (χ2n) is 6.14. The molecule has 26 heavy (non-hydrogen) atoms. The topological polar surface area (TPSA) is 97.1 Å². The Balaban J connectivity index is 1.89. The Kier molecular flexibility index (Phi) is 5.48. The summed E-state index contributed by atoms with van der Waals surface area (Å²) in [5, 5.41) is 17.0. The molecule has 1 saturated carbocycles. The monoisotopic (exact) mass is 396 g/mol. The summed E-state index contributed by atoms with van der Waals surface area (Å²) in [5.74, 6) is -1.48. The van der Waals surface area contributed by atoms with Crippen LogP contribution in [0.3, 0.4) is 0 Å². The van der Waals surface area contributed by atoms with Crippen LogP contribution in [-0.4, -0.2) is 37.8 Å². The molecular weight excluding hydrogens is 379 g/mol. The van der Waals surface area contributed by atoms with E-state index in [1.807, 2.05) is 6.92 Å². The largest absolute Gasteiger partial charge is 0.481 e. The molecule has 0 bridgehead atoms. The van der Waals surface area contributed by atoms with Gasteiger partial charge in [-0.25, -0.2) is 9.67 Å². The Morgan fingerprint density at radius 2 is 2.00 bits per heavy atom. The highest BCUT2D eigenvalue weighted by Gasteiger charge is 2.34. The van der Waals surface area contributed by atoms with Gasteiger partial charge >= 0.3 is 5.97 Å².